The van der Waals surface area contributed by atoms with Crippen molar-refractivity contribution in [2.24, 2.45) is 5.41 Å². The number of likely N-dealkylation sites (tertiary alicyclic amines) is 1. The number of hydrogen-bond donors (Lipinski definition) is 0. The number of rotatable bonds is 4. The van der Waals surface area contributed by atoms with E-state index in [9.17, 15) is 9.59 Å². The molecule has 1 aromatic rings. The summed E-state index contributed by atoms with van der Waals surface area (Å²) in [6.45, 7) is 4.22. The van der Waals surface area contributed by atoms with E-state index in [4.69, 9.17) is 4.74 Å². The zero-order chi connectivity index (χ0) is 16.4. The molecule has 1 saturated heterocycles. The maximum atomic E-state index is 12.6. The second-order valence-corrected chi connectivity index (χ2v) is 6.28. The summed E-state index contributed by atoms with van der Waals surface area (Å²) in [5.74, 6) is -0.0871. The van der Waals surface area contributed by atoms with Gasteiger partial charge in [-0.25, -0.2) is 0 Å². The lowest BCUT2D eigenvalue weighted by Crippen LogP contribution is -2.48. The lowest BCUT2D eigenvalue weighted by Gasteiger charge is -2.43. The fourth-order valence-electron chi connectivity index (χ4n) is 3.82. The Morgan fingerprint density at radius 3 is 2.74 bits per heavy atom. The third-order valence-corrected chi connectivity index (χ3v) is 5.03. The Kier molecular flexibility index (Phi) is 4.24. The van der Waals surface area contributed by atoms with Crippen molar-refractivity contribution in [3.63, 3.8) is 0 Å². The molecule has 0 radical (unpaired) electrons. The number of hydrogen-bond acceptors (Lipinski definition) is 3. The van der Waals surface area contributed by atoms with E-state index in [0.717, 1.165) is 24.1 Å². The summed E-state index contributed by atoms with van der Waals surface area (Å²) < 4.78 is 5.34. The standard InChI is InChI=1S/C19H23NO3/c1-3-23-18(22)19-12-7-10-16(19)20(17(21)11-13-19)14(2)15-8-5-4-6-9-15/h4-6,8-10,14H,3,7,11-13H2,1-2H3/t14-,19-/m1/s1. The second-order valence-electron chi connectivity index (χ2n) is 6.28. The van der Waals surface area contributed by atoms with Crippen molar-refractivity contribution in [3.05, 3.63) is 47.7 Å². The Morgan fingerprint density at radius 1 is 1.30 bits per heavy atom. The zero-order valence-corrected chi connectivity index (χ0v) is 13.7. The predicted octanol–water partition coefficient (Wildman–Crippen LogP) is 3.60. The molecular weight excluding hydrogens is 290 g/mol. The number of fused-ring (bicyclic) bond motifs is 1. The first-order valence-corrected chi connectivity index (χ1v) is 8.35. The molecule has 1 aliphatic carbocycles. The Morgan fingerprint density at radius 2 is 2.04 bits per heavy atom. The number of esters is 1. The Labute approximate surface area is 137 Å². The molecule has 0 saturated carbocycles. The molecule has 4 nitrogen and oxygen atoms in total. The van der Waals surface area contributed by atoms with Crippen molar-refractivity contribution < 1.29 is 14.3 Å². The summed E-state index contributed by atoms with van der Waals surface area (Å²) in [6, 6.07) is 9.87. The molecule has 0 spiro atoms. The van der Waals surface area contributed by atoms with Crippen molar-refractivity contribution in [2.75, 3.05) is 6.61 Å². The molecule has 2 atom stereocenters. The number of nitrogens with zero attached hydrogens (tertiary/aromatic N) is 1. The Balaban J connectivity index is 1.96. The molecule has 122 valence electrons. The Hall–Kier alpha value is -2.10. The van der Waals surface area contributed by atoms with Gasteiger partial charge in [0.2, 0.25) is 5.91 Å². The van der Waals surface area contributed by atoms with Crippen LogP contribution in [0.15, 0.2) is 42.1 Å². The van der Waals surface area contributed by atoms with Gasteiger partial charge in [-0.1, -0.05) is 36.4 Å². The van der Waals surface area contributed by atoms with Gasteiger partial charge >= 0.3 is 5.97 Å². The second kappa shape index (κ2) is 6.19. The van der Waals surface area contributed by atoms with Gasteiger partial charge in [0.25, 0.3) is 0 Å². The highest BCUT2D eigenvalue weighted by atomic mass is 16.5. The lowest BCUT2D eigenvalue weighted by atomic mass is 9.76. The van der Waals surface area contributed by atoms with Crippen LogP contribution in [0.2, 0.25) is 0 Å². The molecule has 1 aliphatic heterocycles. The van der Waals surface area contributed by atoms with Gasteiger partial charge in [-0.3, -0.25) is 9.59 Å². The molecule has 23 heavy (non-hydrogen) atoms. The molecule has 0 bridgehead atoms. The van der Waals surface area contributed by atoms with Crippen LogP contribution in [-0.4, -0.2) is 23.4 Å². The Bertz CT molecular complexity index is 637. The molecule has 3 rings (SSSR count). The smallest absolute Gasteiger partial charge is 0.318 e. The van der Waals surface area contributed by atoms with E-state index in [2.05, 4.69) is 0 Å². The van der Waals surface area contributed by atoms with Gasteiger partial charge in [-0.2, -0.15) is 0 Å². The highest BCUT2D eigenvalue weighted by Gasteiger charge is 2.52. The molecular formula is C19H23NO3. The van der Waals surface area contributed by atoms with Crippen LogP contribution in [0.4, 0.5) is 0 Å². The lowest BCUT2D eigenvalue weighted by molar-refractivity contribution is -0.158. The molecule has 1 amide bonds. The van der Waals surface area contributed by atoms with Crippen LogP contribution in [0, 0.1) is 5.41 Å². The first kappa shape index (κ1) is 15.8. The highest BCUT2D eigenvalue weighted by molar-refractivity contribution is 5.89. The van der Waals surface area contributed by atoms with Gasteiger partial charge in [-0.15, -0.1) is 0 Å². The maximum absolute atomic E-state index is 12.6. The highest BCUT2D eigenvalue weighted by Crippen LogP contribution is 2.51. The molecule has 0 aromatic heterocycles. The first-order valence-electron chi connectivity index (χ1n) is 8.35. The summed E-state index contributed by atoms with van der Waals surface area (Å²) in [5.41, 5.74) is 1.30. The SMILES string of the molecule is CCOC(=O)[C@@]12CCC=C1N([C@H](C)c1ccccc1)C(=O)CC2. The van der Waals surface area contributed by atoms with E-state index in [1.165, 1.54) is 0 Å². The van der Waals surface area contributed by atoms with Crippen LogP contribution < -0.4 is 0 Å². The number of piperidine rings is 1. The van der Waals surface area contributed by atoms with E-state index in [0.29, 0.717) is 19.4 Å². The van der Waals surface area contributed by atoms with E-state index in [1.807, 2.05) is 55.2 Å². The number of carbonyl (C=O) groups excluding carboxylic acids is 2. The fourth-order valence-corrected chi connectivity index (χ4v) is 3.82. The van der Waals surface area contributed by atoms with Gasteiger partial charge in [-0.05, 0) is 38.7 Å². The summed E-state index contributed by atoms with van der Waals surface area (Å²) in [5, 5.41) is 0. The van der Waals surface area contributed by atoms with Crippen LogP contribution in [0.5, 0.6) is 0 Å². The monoisotopic (exact) mass is 313 g/mol. The number of carbonyl (C=O) groups is 2. The largest absolute Gasteiger partial charge is 0.465 e. The minimum Gasteiger partial charge on any atom is -0.465 e. The summed E-state index contributed by atoms with van der Waals surface area (Å²) in [6.07, 6.45) is 4.57. The topological polar surface area (TPSA) is 46.6 Å². The predicted molar refractivity (Wildman–Crippen MR) is 87.3 cm³/mol. The van der Waals surface area contributed by atoms with Crippen LogP contribution in [-0.2, 0) is 14.3 Å². The van der Waals surface area contributed by atoms with E-state index >= 15 is 0 Å². The summed E-state index contributed by atoms with van der Waals surface area (Å²) >= 11 is 0. The average molecular weight is 313 g/mol. The number of benzene rings is 1. The summed E-state index contributed by atoms with van der Waals surface area (Å²) in [4.78, 5) is 27.0. The third-order valence-electron chi connectivity index (χ3n) is 5.03. The van der Waals surface area contributed by atoms with Gasteiger partial charge in [0, 0.05) is 12.1 Å². The van der Waals surface area contributed by atoms with Crippen molar-refractivity contribution in [1.29, 1.82) is 0 Å². The summed E-state index contributed by atoms with van der Waals surface area (Å²) in [7, 11) is 0. The molecule has 1 aromatic carbocycles. The van der Waals surface area contributed by atoms with Crippen molar-refractivity contribution in [1.82, 2.24) is 4.90 Å². The van der Waals surface area contributed by atoms with Gasteiger partial charge in [0.05, 0.1) is 12.6 Å². The number of allylic oxidation sites excluding steroid dienone is 1. The number of ether oxygens (including phenoxy) is 1. The quantitative estimate of drug-likeness (QED) is 0.798. The normalized spacial score (nSPS) is 24.9. The average Bonchev–Trinajstić information content (AvgIpc) is 3.00. The van der Waals surface area contributed by atoms with Crippen molar-refractivity contribution in [2.45, 2.75) is 45.6 Å². The van der Waals surface area contributed by atoms with E-state index < -0.39 is 5.41 Å². The molecule has 0 unspecified atom stereocenters. The maximum Gasteiger partial charge on any atom is 0.318 e. The van der Waals surface area contributed by atoms with Crippen LogP contribution in [0.1, 0.15) is 51.1 Å². The zero-order valence-electron chi connectivity index (χ0n) is 13.7. The minimum atomic E-state index is -0.632. The molecule has 1 heterocycles. The van der Waals surface area contributed by atoms with E-state index in [1.54, 1.807) is 0 Å². The third kappa shape index (κ3) is 2.56. The minimum absolute atomic E-state index is 0.0813. The van der Waals surface area contributed by atoms with Crippen LogP contribution in [0.25, 0.3) is 0 Å². The molecule has 2 aliphatic rings. The van der Waals surface area contributed by atoms with Crippen molar-refractivity contribution in [3.8, 4) is 0 Å². The van der Waals surface area contributed by atoms with Crippen LogP contribution >= 0.6 is 0 Å². The molecule has 1 fully saturated rings. The van der Waals surface area contributed by atoms with Gasteiger partial charge in [0.1, 0.15) is 5.41 Å². The van der Waals surface area contributed by atoms with Crippen LogP contribution in [0.3, 0.4) is 0 Å². The van der Waals surface area contributed by atoms with Gasteiger partial charge < -0.3 is 9.64 Å². The first-order chi connectivity index (χ1) is 11.1. The molecule has 4 heteroatoms. The number of amides is 1. The molecule has 0 N–H and O–H groups in total. The van der Waals surface area contributed by atoms with E-state index in [-0.39, 0.29) is 17.9 Å². The fraction of sp³-hybridized carbons (Fsp3) is 0.474. The van der Waals surface area contributed by atoms with Gasteiger partial charge in [0.15, 0.2) is 0 Å². The van der Waals surface area contributed by atoms with Crippen molar-refractivity contribution >= 4 is 11.9 Å².